The largest absolute Gasteiger partial charge is 0.301 e. The third kappa shape index (κ3) is 3.39. The molecule has 0 bridgehead atoms. The molecule has 0 saturated heterocycles. The van der Waals surface area contributed by atoms with Crippen molar-refractivity contribution >= 4 is 11.3 Å². The molecule has 2 unspecified atom stereocenters. The van der Waals surface area contributed by atoms with Crippen molar-refractivity contribution in [2.24, 2.45) is 0 Å². The van der Waals surface area contributed by atoms with Gasteiger partial charge in [0.25, 0.3) is 0 Å². The average Bonchev–Trinajstić information content (AvgIpc) is 2.95. The van der Waals surface area contributed by atoms with Gasteiger partial charge in [-0.05, 0) is 18.9 Å². The molecule has 2 aromatic rings. The summed E-state index contributed by atoms with van der Waals surface area (Å²) in [6.07, 6.45) is 3.61. The number of thiazole rings is 1. The molecule has 2 rings (SSSR count). The Labute approximate surface area is 117 Å². The number of halogens is 1. The number of aromatic nitrogens is 1. The van der Waals surface area contributed by atoms with Crippen molar-refractivity contribution in [3.63, 3.8) is 0 Å². The Balaban J connectivity index is 2.17. The first-order valence-electron chi connectivity index (χ1n) is 6.66. The third-order valence-corrected chi connectivity index (χ3v) is 4.14. The predicted molar refractivity (Wildman–Crippen MR) is 77.7 cm³/mol. The fourth-order valence-corrected chi connectivity index (χ4v) is 2.98. The Hall–Kier alpha value is -1.26. The second-order valence-corrected chi connectivity index (χ2v) is 5.41. The van der Waals surface area contributed by atoms with Gasteiger partial charge < -0.3 is 5.32 Å². The van der Waals surface area contributed by atoms with Crippen LogP contribution in [0.3, 0.4) is 0 Å². The van der Waals surface area contributed by atoms with Crippen molar-refractivity contribution in [3.05, 3.63) is 52.2 Å². The van der Waals surface area contributed by atoms with Crippen LogP contribution in [0.1, 0.15) is 49.3 Å². The molecule has 0 radical (unpaired) electrons. The fourth-order valence-electron chi connectivity index (χ4n) is 2.20. The molecule has 2 atom stereocenters. The van der Waals surface area contributed by atoms with Crippen LogP contribution < -0.4 is 5.32 Å². The second-order valence-electron chi connectivity index (χ2n) is 4.48. The first kappa shape index (κ1) is 14.2. The van der Waals surface area contributed by atoms with E-state index in [4.69, 9.17) is 0 Å². The van der Waals surface area contributed by atoms with Gasteiger partial charge in [-0.3, -0.25) is 0 Å². The molecule has 4 heteroatoms. The normalized spacial score (nSPS) is 14.3. The lowest BCUT2D eigenvalue weighted by Gasteiger charge is -2.23. The van der Waals surface area contributed by atoms with Crippen molar-refractivity contribution in [2.75, 3.05) is 0 Å². The summed E-state index contributed by atoms with van der Waals surface area (Å²) in [6, 6.07) is 7.19. The minimum absolute atomic E-state index is 0.0232. The van der Waals surface area contributed by atoms with Crippen LogP contribution in [0.2, 0.25) is 0 Å². The molecule has 0 amide bonds. The van der Waals surface area contributed by atoms with Crippen molar-refractivity contribution < 1.29 is 4.39 Å². The lowest BCUT2D eigenvalue weighted by Crippen LogP contribution is -2.26. The van der Waals surface area contributed by atoms with Gasteiger partial charge in [-0.25, -0.2) is 9.37 Å². The van der Waals surface area contributed by atoms with Crippen LogP contribution in [0.15, 0.2) is 35.8 Å². The number of rotatable bonds is 6. The fraction of sp³-hybridized carbons (Fsp3) is 0.400. The zero-order valence-corrected chi connectivity index (χ0v) is 12.1. The quantitative estimate of drug-likeness (QED) is 0.843. The van der Waals surface area contributed by atoms with Crippen LogP contribution in [0, 0.1) is 5.82 Å². The summed E-state index contributed by atoms with van der Waals surface area (Å²) in [5.41, 5.74) is 0.736. The van der Waals surface area contributed by atoms with E-state index < -0.39 is 0 Å². The molecule has 1 aromatic heterocycles. The van der Waals surface area contributed by atoms with E-state index in [9.17, 15) is 4.39 Å². The van der Waals surface area contributed by atoms with Crippen LogP contribution in [0.5, 0.6) is 0 Å². The number of hydrogen-bond donors (Lipinski definition) is 1. The number of benzene rings is 1. The molecule has 0 fully saturated rings. The molecule has 0 aliphatic heterocycles. The van der Waals surface area contributed by atoms with Gasteiger partial charge in [0.2, 0.25) is 0 Å². The summed E-state index contributed by atoms with van der Waals surface area (Å²) >= 11 is 1.64. The molecule has 1 heterocycles. The van der Waals surface area contributed by atoms with Gasteiger partial charge >= 0.3 is 0 Å². The zero-order chi connectivity index (χ0) is 13.7. The number of nitrogens with one attached hydrogen (secondary N) is 1. The Morgan fingerprint density at radius 2 is 1.95 bits per heavy atom. The molecule has 19 heavy (non-hydrogen) atoms. The minimum Gasteiger partial charge on any atom is -0.301 e. The zero-order valence-electron chi connectivity index (χ0n) is 11.3. The predicted octanol–water partition coefficient (Wildman–Crippen LogP) is 4.47. The monoisotopic (exact) mass is 278 g/mol. The highest BCUT2D eigenvalue weighted by Gasteiger charge is 2.19. The smallest absolute Gasteiger partial charge is 0.127 e. The summed E-state index contributed by atoms with van der Waals surface area (Å²) in [6.45, 7) is 4.19. The van der Waals surface area contributed by atoms with Gasteiger partial charge in [0.1, 0.15) is 10.8 Å². The maximum Gasteiger partial charge on any atom is 0.127 e. The molecular formula is C15H19FN2S. The Morgan fingerprint density at radius 3 is 2.53 bits per heavy atom. The third-order valence-electron chi connectivity index (χ3n) is 3.25. The van der Waals surface area contributed by atoms with Crippen molar-refractivity contribution in [2.45, 2.75) is 38.8 Å². The summed E-state index contributed by atoms with van der Waals surface area (Å²) in [5, 5.41) is 6.56. The van der Waals surface area contributed by atoms with Crippen molar-refractivity contribution in [1.29, 1.82) is 0 Å². The first-order chi connectivity index (χ1) is 9.26. The maximum absolute atomic E-state index is 13.9. The van der Waals surface area contributed by atoms with Crippen LogP contribution >= 0.6 is 11.3 Å². The molecule has 1 N–H and O–H groups in total. The van der Waals surface area contributed by atoms with Crippen molar-refractivity contribution in [3.8, 4) is 0 Å². The van der Waals surface area contributed by atoms with Crippen LogP contribution in [-0.4, -0.2) is 4.98 Å². The van der Waals surface area contributed by atoms with Gasteiger partial charge in [-0.2, -0.15) is 0 Å². The minimum atomic E-state index is -0.143. The number of hydrogen-bond acceptors (Lipinski definition) is 3. The SMILES string of the molecule is CCC(NC(CC)c1ccccc1F)c1nccs1. The van der Waals surface area contributed by atoms with Crippen LogP contribution in [-0.2, 0) is 0 Å². The molecule has 0 aliphatic carbocycles. The number of nitrogens with zero attached hydrogens (tertiary/aromatic N) is 1. The maximum atomic E-state index is 13.9. The van der Waals surface area contributed by atoms with E-state index in [0.29, 0.717) is 0 Å². The molecule has 102 valence electrons. The molecule has 0 aliphatic rings. The highest BCUT2D eigenvalue weighted by atomic mass is 32.1. The van der Waals surface area contributed by atoms with E-state index in [2.05, 4.69) is 24.1 Å². The van der Waals surface area contributed by atoms with E-state index >= 15 is 0 Å². The van der Waals surface area contributed by atoms with E-state index in [-0.39, 0.29) is 17.9 Å². The summed E-state index contributed by atoms with van der Waals surface area (Å²) in [7, 11) is 0. The van der Waals surface area contributed by atoms with Gasteiger partial charge in [-0.15, -0.1) is 11.3 Å². The summed E-state index contributed by atoms with van der Waals surface area (Å²) < 4.78 is 13.9. The first-order valence-corrected chi connectivity index (χ1v) is 7.54. The van der Waals surface area contributed by atoms with Gasteiger partial charge in [-0.1, -0.05) is 32.0 Å². The topological polar surface area (TPSA) is 24.9 Å². The molecule has 2 nitrogen and oxygen atoms in total. The Kier molecular flexibility index (Phi) is 5.05. The van der Waals surface area contributed by atoms with Crippen LogP contribution in [0.25, 0.3) is 0 Å². The van der Waals surface area contributed by atoms with Crippen molar-refractivity contribution in [1.82, 2.24) is 10.3 Å². The summed E-state index contributed by atoms with van der Waals surface area (Å²) in [4.78, 5) is 4.35. The average molecular weight is 278 g/mol. The highest BCUT2D eigenvalue weighted by molar-refractivity contribution is 7.09. The molecule has 0 saturated carbocycles. The molecule has 1 aromatic carbocycles. The van der Waals surface area contributed by atoms with Gasteiger partial charge in [0.05, 0.1) is 6.04 Å². The lowest BCUT2D eigenvalue weighted by atomic mass is 10.0. The second kappa shape index (κ2) is 6.78. The molecule has 0 spiro atoms. The van der Waals surface area contributed by atoms with Crippen LogP contribution in [0.4, 0.5) is 4.39 Å². The van der Waals surface area contributed by atoms with Gasteiger partial charge in [0.15, 0.2) is 0 Å². The Bertz CT molecular complexity index is 499. The van der Waals surface area contributed by atoms with E-state index in [0.717, 1.165) is 23.4 Å². The highest BCUT2D eigenvalue weighted by Crippen LogP contribution is 2.26. The standard InChI is InChI=1S/C15H19FN2S/c1-3-13(11-7-5-6-8-12(11)16)18-14(4-2)15-17-9-10-19-15/h5-10,13-14,18H,3-4H2,1-2H3. The van der Waals surface area contributed by atoms with Gasteiger partial charge in [0, 0.05) is 23.2 Å². The lowest BCUT2D eigenvalue weighted by molar-refractivity contribution is 0.412. The Morgan fingerprint density at radius 1 is 1.21 bits per heavy atom. The van der Waals surface area contributed by atoms with E-state index in [1.165, 1.54) is 6.07 Å². The summed E-state index contributed by atoms with van der Waals surface area (Å²) in [5.74, 6) is -0.143. The molecular weight excluding hydrogens is 259 g/mol. The van der Waals surface area contributed by atoms with E-state index in [1.54, 1.807) is 17.4 Å². The van der Waals surface area contributed by atoms with E-state index in [1.807, 2.05) is 23.7 Å².